The largest absolute Gasteiger partial charge is 0.493 e. The molecule has 0 saturated heterocycles. The molecule has 1 N–H and O–H groups in total. The van der Waals surface area contributed by atoms with Crippen molar-refractivity contribution in [3.05, 3.63) is 64.2 Å². The first-order valence-electron chi connectivity index (χ1n) is 9.74. The molecule has 2 atom stereocenters. The molecular weight excluding hydrogens is 422 g/mol. The molecule has 0 bridgehead atoms. The van der Waals surface area contributed by atoms with Gasteiger partial charge in [0.15, 0.2) is 17.3 Å². The van der Waals surface area contributed by atoms with Crippen molar-refractivity contribution in [2.75, 3.05) is 14.2 Å². The molecule has 8 nitrogen and oxygen atoms in total. The summed E-state index contributed by atoms with van der Waals surface area (Å²) in [5, 5.41) is 18.3. The number of para-hydroxylation sites is 1. The monoisotopic (exact) mass is 443 g/mol. The molecule has 0 radical (unpaired) electrons. The van der Waals surface area contributed by atoms with Crippen LogP contribution in [0.3, 0.4) is 0 Å². The minimum atomic E-state index is -0.910. The normalized spacial score (nSPS) is 17.4. The van der Waals surface area contributed by atoms with E-state index in [-0.39, 0.29) is 12.8 Å². The lowest BCUT2D eigenvalue weighted by Crippen LogP contribution is -2.14. The third-order valence-corrected chi connectivity index (χ3v) is 5.52. The maximum atomic E-state index is 11.3. The van der Waals surface area contributed by atoms with Crippen LogP contribution in [0.5, 0.6) is 11.5 Å². The average molecular weight is 444 g/mol. The van der Waals surface area contributed by atoms with Crippen molar-refractivity contribution in [3.8, 4) is 17.2 Å². The first-order chi connectivity index (χ1) is 14.9. The van der Waals surface area contributed by atoms with Gasteiger partial charge in [0, 0.05) is 22.6 Å². The van der Waals surface area contributed by atoms with Crippen molar-refractivity contribution >= 4 is 17.6 Å². The summed E-state index contributed by atoms with van der Waals surface area (Å²) in [5.74, 6) is 1.40. The molecule has 4 rings (SSSR count). The van der Waals surface area contributed by atoms with Crippen LogP contribution in [0, 0.1) is 6.92 Å². The summed E-state index contributed by atoms with van der Waals surface area (Å²) >= 11 is 6.37. The van der Waals surface area contributed by atoms with Crippen LogP contribution in [-0.4, -0.2) is 40.1 Å². The zero-order chi connectivity index (χ0) is 22.1. The van der Waals surface area contributed by atoms with Crippen LogP contribution in [0.4, 0.5) is 0 Å². The van der Waals surface area contributed by atoms with Gasteiger partial charge in [0.2, 0.25) is 0 Å². The quantitative estimate of drug-likeness (QED) is 0.607. The number of rotatable bonds is 6. The second-order valence-corrected chi connectivity index (χ2v) is 7.60. The van der Waals surface area contributed by atoms with Crippen LogP contribution < -0.4 is 9.47 Å². The van der Waals surface area contributed by atoms with Gasteiger partial charge in [-0.15, -0.1) is 10.2 Å². The zero-order valence-electron chi connectivity index (χ0n) is 17.3. The molecule has 162 valence electrons. The molecule has 2 aromatic carbocycles. The Morgan fingerprint density at radius 2 is 2.00 bits per heavy atom. The van der Waals surface area contributed by atoms with E-state index in [9.17, 15) is 9.90 Å². The Kier molecular flexibility index (Phi) is 5.84. The highest BCUT2D eigenvalue weighted by molar-refractivity contribution is 6.30. The molecule has 0 unspecified atom stereocenters. The van der Waals surface area contributed by atoms with Crippen LogP contribution in [0.25, 0.3) is 5.69 Å². The maximum absolute atomic E-state index is 11.3. The van der Waals surface area contributed by atoms with E-state index in [0.717, 1.165) is 16.8 Å². The van der Waals surface area contributed by atoms with Gasteiger partial charge < -0.3 is 19.3 Å². The fraction of sp³-hybridized carbons (Fsp3) is 0.318. The van der Waals surface area contributed by atoms with Gasteiger partial charge in [0.05, 0.1) is 19.9 Å². The van der Waals surface area contributed by atoms with E-state index in [4.69, 9.17) is 25.8 Å². The van der Waals surface area contributed by atoms with Crippen LogP contribution in [0.15, 0.2) is 36.4 Å². The van der Waals surface area contributed by atoms with E-state index in [0.29, 0.717) is 28.2 Å². The summed E-state index contributed by atoms with van der Waals surface area (Å²) < 4.78 is 19.6. The van der Waals surface area contributed by atoms with Crippen LogP contribution in [0.1, 0.15) is 47.8 Å². The standard InChI is InChI=1S/C22H22ClN3O5/c1-12-24-25-22-18(9-10-19(27)28)31-20(14-5-4-6-17(29-2)21(14)30-3)15-11-13(23)7-8-16(15)26(12)22/h4-8,11,18,20H,9-10H2,1-3H3,(H,27,28)/t18-,20-/m0/s1. The summed E-state index contributed by atoms with van der Waals surface area (Å²) in [6.07, 6.45) is -1.05. The maximum Gasteiger partial charge on any atom is 0.303 e. The number of carboxylic acids is 1. The fourth-order valence-corrected chi connectivity index (χ4v) is 4.11. The molecule has 0 fully saturated rings. The van der Waals surface area contributed by atoms with Crippen LogP contribution in [-0.2, 0) is 9.53 Å². The van der Waals surface area contributed by atoms with E-state index in [2.05, 4.69) is 10.2 Å². The molecule has 0 spiro atoms. The van der Waals surface area contributed by atoms with Crippen LogP contribution >= 0.6 is 11.6 Å². The molecular formula is C22H22ClN3O5. The lowest BCUT2D eigenvalue weighted by Gasteiger charge is -2.24. The molecule has 0 aliphatic carbocycles. The number of carboxylic acid groups (broad SMARTS) is 1. The number of aliphatic carboxylic acids is 1. The topological polar surface area (TPSA) is 95.7 Å². The van der Waals surface area contributed by atoms with Gasteiger partial charge in [0.25, 0.3) is 0 Å². The number of aromatic nitrogens is 3. The van der Waals surface area contributed by atoms with Gasteiger partial charge in [-0.05, 0) is 37.6 Å². The SMILES string of the molecule is COc1cccc([C@@H]2O[C@@H](CCC(=O)O)c3nnc(C)n3-c3ccc(Cl)cc32)c1OC. The van der Waals surface area contributed by atoms with Gasteiger partial charge in [-0.2, -0.15) is 0 Å². The summed E-state index contributed by atoms with van der Waals surface area (Å²) in [5.41, 5.74) is 2.35. The fourth-order valence-electron chi connectivity index (χ4n) is 3.93. The van der Waals surface area contributed by atoms with Crippen molar-refractivity contribution in [2.45, 2.75) is 32.0 Å². The van der Waals surface area contributed by atoms with E-state index < -0.39 is 18.2 Å². The predicted octanol–water partition coefficient (Wildman–Crippen LogP) is 4.27. The highest BCUT2D eigenvalue weighted by Gasteiger charge is 2.35. The third kappa shape index (κ3) is 3.84. The lowest BCUT2D eigenvalue weighted by molar-refractivity contribution is -0.138. The van der Waals surface area contributed by atoms with Gasteiger partial charge in [-0.25, -0.2) is 0 Å². The molecule has 31 heavy (non-hydrogen) atoms. The Labute approximate surface area is 184 Å². The van der Waals surface area contributed by atoms with Crippen molar-refractivity contribution < 1.29 is 24.1 Å². The number of carbonyl (C=O) groups is 1. The lowest BCUT2D eigenvalue weighted by atomic mass is 9.98. The number of fused-ring (bicyclic) bond motifs is 3. The second kappa shape index (κ2) is 8.56. The van der Waals surface area contributed by atoms with Gasteiger partial charge in [-0.3, -0.25) is 9.36 Å². The predicted molar refractivity (Wildman–Crippen MR) is 113 cm³/mol. The number of benzene rings is 2. The number of hydrogen-bond acceptors (Lipinski definition) is 6. The van der Waals surface area contributed by atoms with Crippen molar-refractivity contribution in [1.82, 2.24) is 14.8 Å². The Hall–Kier alpha value is -3.10. The molecule has 0 saturated carbocycles. The van der Waals surface area contributed by atoms with E-state index in [1.54, 1.807) is 26.4 Å². The van der Waals surface area contributed by atoms with Gasteiger partial charge in [0.1, 0.15) is 18.0 Å². The van der Waals surface area contributed by atoms with Crippen molar-refractivity contribution in [2.24, 2.45) is 0 Å². The first-order valence-corrected chi connectivity index (χ1v) is 10.1. The number of aryl methyl sites for hydroxylation is 1. The van der Waals surface area contributed by atoms with Gasteiger partial charge in [-0.1, -0.05) is 23.7 Å². The Morgan fingerprint density at radius 1 is 1.19 bits per heavy atom. The molecule has 1 aliphatic rings. The van der Waals surface area contributed by atoms with E-state index >= 15 is 0 Å². The minimum absolute atomic E-state index is 0.0738. The highest BCUT2D eigenvalue weighted by atomic mass is 35.5. The highest BCUT2D eigenvalue weighted by Crippen LogP contribution is 2.46. The van der Waals surface area contributed by atoms with Gasteiger partial charge >= 0.3 is 5.97 Å². The summed E-state index contributed by atoms with van der Waals surface area (Å²) in [4.78, 5) is 11.3. The third-order valence-electron chi connectivity index (χ3n) is 5.29. The number of hydrogen-bond donors (Lipinski definition) is 1. The summed E-state index contributed by atoms with van der Waals surface area (Å²) in [6, 6.07) is 11.1. The smallest absolute Gasteiger partial charge is 0.303 e. The second-order valence-electron chi connectivity index (χ2n) is 7.16. The number of methoxy groups -OCH3 is 2. The Morgan fingerprint density at radius 3 is 2.71 bits per heavy atom. The molecule has 0 amide bonds. The Bertz CT molecular complexity index is 1130. The summed E-state index contributed by atoms with van der Waals surface area (Å²) in [6.45, 7) is 1.84. The van der Waals surface area contributed by atoms with Crippen LogP contribution in [0.2, 0.25) is 5.02 Å². The molecule has 3 aromatic rings. The van der Waals surface area contributed by atoms with Crippen molar-refractivity contribution in [1.29, 1.82) is 0 Å². The van der Waals surface area contributed by atoms with Crippen molar-refractivity contribution in [3.63, 3.8) is 0 Å². The number of halogens is 1. The molecule has 1 aromatic heterocycles. The Balaban J connectivity index is 1.95. The first kappa shape index (κ1) is 21.1. The number of nitrogens with zero attached hydrogens (tertiary/aromatic N) is 3. The average Bonchev–Trinajstić information content (AvgIpc) is 3.07. The van der Waals surface area contributed by atoms with E-state index in [1.807, 2.05) is 35.8 Å². The summed E-state index contributed by atoms with van der Waals surface area (Å²) in [7, 11) is 3.14. The minimum Gasteiger partial charge on any atom is -0.493 e. The molecule has 9 heteroatoms. The van der Waals surface area contributed by atoms with E-state index in [1.165, 1.54) is 0 Å². The molecule has 1 aliphatic heterocycles. The number of ether oxygens (including phenoxy) is 3. The zero-order valence-corrected chi connectivity index (χ0v) is 18.1. The molecule has 2 heterocycles.